The highest BCUT2D eigenvalue weighted by Crippen LogP contribution is 2.34. The van der Waals surface area contributed by atoms with Gasteiger partial charge in [-0.15, -0.1) is 0 Å². The van der Waals surface area contributed by atoms with Gasteiger partial charge in [0.05, 0.1) is 54.4 Å². The average molecular weight is 1220 g/mol. The number of alkyl halides is 1. The maximum atomic E-state index is 13.2. The van der Waals surface area contributed by atoms with E-state index in [0.717, 1.165) is 44.1 Å². The minimum absolute atomic E-state index is 0.0380. The van der Waals surface area contributed by atoms with Crippen LogP contribution in [0.1, 0.15) is 138 Å². The van der Waals surface area contributed by atoms with Gasteiger partial charge >= 0.3 is 12.1 Å². The molecule has 8 unspecified atom stereocenters. The Balaban J connectivity index is 0.00000607. The third kappa shape index (κ3) is 36.4. The highest BCUT2D eigenvalue weighted by atomic mass is 79.9. The maximum absolute atomic E-state index is 13.2. The van der Waals surface area contributed by atoms with Gasteiger partial charge < -0.3 is 66.1 Å². The molecule has 10 N–H and O–H groups in total. The number of carbonyl (C=O) groups excluding carboxylic acids is 9. The number of rotatable bonds is 29. The number of nitrogens with two attached hydrogens (primary N) is 1. The summed E-state index contributed by atoms with van der Waals surface area (Å²) in [7, 11) is 5.31. The number of nitrogens with one attached hydrogen (secondary N) is 8. The van der Waals surface area contributed by atoms with Crippen molar-refractivity contribution in [3.05, 3.63) is 65.8 Å². The first-order valence-corrected chi connectivity index (χ1v) is 29.2. The topological polar surface area (TPSA) is 322 Å². The molecule has 0 bridgehead atoms. The summed E-state index contributed by atoms with van der Waals surface area (Å²) in [5.41, 5.74) is 10.4. The van der Waals surface area contributed by atoms with Crippen LogP contribution in [0.15, 0.2) is 60.2 Å². The summed E-state index contributed by atoms with van der Waals surface area (Å²) >= 11 is 2.88. The van der Waals surface area contributed by atoms with Crippen molar-refractivity contribution in [1.82, 2.24) is 37.4 Å². The fourth-order valence-electron chi connectivity index (χ4n) is 8.34. The normalized spacial score (nSPS) is 21.0. The minimum atomic E-state index is -0.873. The fraction of sp³-hybridized carbons (Fsp3) is 0.638. The van der Waals surface area contributed by atoms with Crippen LogP contribution in [0, 0.1) is 5.92 Å². The highest BCUT2D eigenvalue weighted by molar-refractivity contribution is 9.09. The zero-order chi connectivity index (χ0) is 61.9. The van der Waals surface area contributed by atoms with E-state index in [4.69, 9.17) is 33.3 Å². The molecule has 2 fully saturated rings. The van der Waals surface area contributed by atoms with Crippen molar-refractivity contribution in [2.75, 3.05) is 51.5 Å². The molecule has 0 spiro atoms. The molecule has 0 saturated carbocycles. The van der Waals surface area contributed by atoms with Crippen LogP contribution in [-0.2, 0) is 68.6 Å². The lowest BCUT2D eigenvalue weighted by Gasteiger charge is -2.40. The molecule has 0 radical (unpaired) electrons. The van der Waals surface area contributed by atoms with E-state index in [2.05, 4.69) is 91.3 Å². The summed E-state index contributed by atoms with van der Waals surface area (Å²) in [6.07, 6.45) is 15.2. The molecule has 0 aliphatic carbocycles. The van der Waals surface area contributed by atoms with Gasteiger partial charge in [-0.3, -0.25) is 39.0 Å². The molecule has 2 saturated heterocycles. The number of hydrazine groups is 1. The van der Waals surface area contributed by atoms with E-state index in [9.17, 15) is 33.6 Å². The third-order valence-corrected chi connectivity index (χ3v) is 12.8. The van der Waals surface area contributed by atoms with Crippen LogP contribution in [0.5, 0.6) is 0 Å². The quantitative estimate of drug-likeness (QED) is 0.00922. The second kappa shape index (κ2) is 45.5. The summed E-state index contributed by atoms with van der Waals surface area (Å²) in [5.74, 6) is -2.07. The number of anilines is 1. The van der Waals surface area contributed by atoms with Gasteiger partial charge in [0, 0.05) is 45.1 Å². The zero-order valence-electron chi connectivity index (χ0n) is 50.2. The summed E-state index contributed by atoms with van der Waals surface area (Å²) in [6, 6.07) is 5.64. The van der Waals surface area contributed by atoms with E-state index in [-0.39, 0.29) is 68.1 Å². The number of methoxy groups -OCH3 is 1. The summed E-state index contributed by atoms with van der Waals surface area (Å²) in [6.45, 7) is 16.5. The summed E-state index contributed by atoms with van der Waals surface area (Å²) in [5, 5.41) is 17.7. The number of benzene rings is 1. The van der Waals surface area contributed by atoms with Crippen LogP contribution in [0.2, 0.25) is 0 Å². The Labute approximate surface area is 494 Å². The number of halogens is 1. The minimum Gasteiger partial charge on any atom is -0.459 e. The number of unbranched alkanes of at least 4 members (excludes halogenated alkanes) is 2. The Bertz CT molecular complexity index is 2150. The molecule has 24 heteroatoms. The van der Waals surface area contributed by atoms with Gasteiger partial charge in [-0.05, 0) is 123 Å². The number of esters is 1. The van der Waals surface area contributed by atoms with Crippen molar-refractivity contribution in [1.29, 1.82) is 0 Å². The molecule has 23 nitrogen and oxygen atoms in total. The largest absolute Gasteiger partial charge is 0.459 e. The van der Waals surface area contributed by atoms with E-state index in [1.165, 1.54) is 19.4 Å². The molecule has 9 atom stereocenters. The van der Waals surface area contributed by atoms with Crippen molar-refractivity contribution in [3.63, 3.8) is 0 Å². The second-order valence-corrected chi connectivity index (χ2v) is 20.8. The van der Waals surface area contributed by atoms with Crippen molar-refractivity contribution in [2.45, 2.75) is 187 Å². The van der Waals surface area contributed by atoms with Crippen LogP contribution in [-0.4, -0.2) is 149 Å². The van der Waals surface area contributed by atoms with Crippen molar-refractivity contribution < 1.29 is 66.8 Å². The van der Waals surface area contributed by atoms with E-state index >= 15 is 0 Å². The molecule has 3 rings (SSSR count). The number of ether oxygens (including phenoxy) is 5. The van der Waals surface area contributed by atoms with Crippen molar-refractivity contribution in [3.8, 4) is 0 Å². The SMILES string of the molecule is CCC.CNCCCCCC(=O)NCC(=O)NC(CCCNC)C(=O)Nc1ccc(COC(=O)NNC(=O)C[C@@H]2CC(C)(OC)CC(/C=C/C(C)=C/CC3OC(C)C(NC(=O)/C=C\C(C)OC(C)=O)CC3C)O2)cc1.NC=O.O=CCBr. The number of allylic oxidation sites excluding steroid dienone is 2. The lowest BCUT2D eigenvalue weighted by molar-refractivity contribution is -0.147. The molecule has 1 aromatic rings. The van der Waals surface area contributed by atoms with Gasteiger partial charge in [0.1, 0.15) is 25.0 Å². The van der Waals surface area contributed by atoms with Crippen LogP contribution in [0.25, 0.3) is 0 Å². The predicted molar refractivity (Wildman–Crippen MR) is 319 cm³/mol. The predicted octanol–water partition coefficient (Wildman–Crippen LogP) is 5.40. The molecule has 2 aliphatic rings. The molecule has 2 aliphatic heterocycles. The van der Waals surface area contributed by atoms with Crippen LogP contribution < -0.4 is 48.5 Å². The molecule has 82 heavy (non-hydrogen) atoms. The molecular formula is C58H96BrN9O14. The Morgan fingerprint density at radius 1 is 0.890 bits per heavy atom. The maximum Gasteiger partial charge on any atom is 0.426 e. The van der Waals surface area contributed by atoms with Gasteiger partial charge in [0.25, 0.3) is 0 Å². The van der Waals surface area contributed by atoms with Crippen LogP contribution in [0.4, 0.5) is 10.5 Å². The first-order chi connectivity index (χ1) is 39.0. The standard InChI is InChI=1S/C52H82N8O12.C3H8.C2H3BrO.CH3NO/c1-34(17-24-45-35(2)28-44(37(4)71-45)58-47(63)25-18-36(3)70-38(5)61)16-23-41-30-52(6,68-9)31-42(72-41)29-48(64)59-60-51(67)69-33-39-19-21-40(22-20-39)56-50(66)43(14-13-27-54-8)57-49(65)32-55-46(62)15-11-10-12-26-53-7;1-3-2;3-1-2-4;2-1-3/h16-23,25,35-37,41-45,53-54H,10-15,24,26-33H2,1-9H3,(H,55,62)(H,56,66)(H,57,65)(H,58,63)(H,59,64)(H,60,67);3H2,1-2H3;2H,1H2;1H,(H2,2,3)/b23-16+,25-18-,34-17+;;;/t35?,36?,37?,41?,42-,43?,44?,45?,52?;;;/m1.../s1. The van der Waals surface area contributed by atoms with E-state index in [1.807, 2.05) is 40.0 Å². The monoisotopic (exact) mass is 1220 g/mol. The first kappa shape index (κ1) is 76.0. The number of amides is 7. The molecular weight excluding hydrogens is 1130 g/mol. The Hall–Kier alpha value is -6.05. The van der Waals surface area contributed by atoms with Gasteiger partial charge in [-0.25, -0.2) is 10.2 Å². The smallest absolute Gasteiger partial charge is 0.426 e. The molecule has 7 amide bonds. The number of hydrogen-bond acceptors (Lipinski definition) is 16. The fourth-order valence-corrected chi connectivity index (χ4v) is 8.34. The van der Waals surface area contributed by atoms with Crippen LogP contribution in [0.3, 0.4) is 0 Å². The van der Waals surface area contributed by atoms with Crippen LogP contribution >= 0.6 is 15.9 Å². The lowest BCUT2D eigenvalue weighted by Crippen LogP contribution is -2.50. The van der Waals surface area contributed by atoms with Crippen molar-refractivity contribution in [2.24, 2.45) is 11.7 Å². The van der Waals surface area contributed by atoms with Gasteiger partial charge in [-0.2, -0.15) is 0 Å². The summed E-state index contributed by atoms with van der Waals surface area (Å²) in [4.78, 5) is 105. The van der Waals surface area contributed by atoms with E-state index in [1.54, 1.807) is 51.4 Å². The third-order valence-electron chi connectivity index (χ3n) is 12.5. The molecule has 0 aromatic heterocycles. The van der Waals surface area contributed by atoms with Crippen molar-refractivity contribution >= 4 is 75.9 Å². The number of carbonyl (C=O) groups is 9. The van der Waals surface area contributed by atoms with Gasteiger partial charge in [0.2, 0.25) is 35.9 Å². The summed E-state index contributed by atoms with van der Waals surface area (Å²) < 4.78 is 28.8. The number of primary amides is 1. The molecule has 1 aromatic carbocycles. The average Bonchev–Trinajstić information content (AvgIpc) is 3.64. The second-order valence-electron chi connectivity index (χ2n) is 20.1. The Morgan fingerprint density at radius 3 is 2.15 bits per heavy atom. The molecule has 2 heterocycles. The van der Waals surface area contributed by atoms with Gasteiger partial charge in [-0.1, -0.05) is 85.5 Å². The van der Waals surface area contributed by atoms with E-state index < -0.39 is 53.6 Å². The lowest BCUT2D eigenvalue weighted by atomic mass is 9.86. The number of aldehydes is 1. The highest BCUT2D eigenvalue weighted by Gasteiger charge is 2.38. The zero-order valence-corrected chi connectivity index (χ0v) is 51.7. The Kier molecular flexibility index (Phi) is 42.1. The first-order valence-electron chi connectivity index (χ1n) is 28.0. The van der Waals surface area contributed by atoms with E-state index in [0.29, 0.717) is 61.7 Å². The Morgan fingerprint density at radius 2 is 1.54 bits per heavy atom. The van der Waals surface area contributed by atoms with Gasteiger partial charge in [0.15, 0.2) is 0 Å². The number of hydrogen-bond donors (Lipinski definition) is 9. The molecule has 464 valence electrons.